The van der Waals surface area contributed by atoms with Gasteiger partial charge in [-0.2, -0.15) is 0 Å². The molecule has 6 nitrogen and oxygen atoms in total. The number of aliphatic hydroxyl groups is 1. The van der Waals surface area contributed by atoms with Crippen LogP contribution in [0.15, 0.2) is 72.8 Å². The first kappa shape index (κ1) is 22.8. The molecular formula is C22H22F2N2O4S. The predicted octanol–water partition coefficient (Wildman–Crippen LogP) is 2.31. The van der Waals surface area contributed by atoms with Crippen molar-refractivity contribution in [2.45, 2.75) is 16.8 Å². The Morgan fingerprint density at radius 2 is 1.32 bits per heavy atom. The second kappa shape index (κ2) is 8.72. The third-order valence-electron chi connectivity index (χ3n) is 5.35. The zero-order valence-electron chi connectivity index (χ0n) is 16.3. The van der Waals surface area contributed by atoms with E-state index < -0.39 is 50.7 Å². The van der Waals surface area contributed by atoms with Crippen molar-refractivity contribution in [2.24, 2.45) is 10.9 Å². The van der Waals surface area contributed by atoms with Gasteiger partial charge in [0.15, 0.2) is 4.75 Å². The lowest BCUT2D eigenvalue weighted by Gasteiger charge is -2.43. The molecule has 6 N–H and O–H groups in total. The molecular weight excluding hydrogens is 426 g/mol. The van der Waals surface area contributed by atoms with Crippen LogP contribution in [0.5, 0.6) is 5.75 Å². The molecule has 2 atom stereocenters. The zero-order chi connectivity index (χ0) is 22.8. The molecule has 0 amide bonds. The number of phenolic OH excluding ortho intramolecular Hbond substituents is 1. The molecule has 31 heavy (non-hydrogen) atoms. The molecule has 3 rings (SSSR count). The first-order valence-electron chi connectivity index (χ1n) is 9.32. The number of aliphatic hydroxyl groups excluding tert-OH is 1. The highest BCUT2D eigenvalue weighted by Crippen LogP contribution is 2.51. The molecule has 3 aromatic rings. The van der Waals surface area contributed by atoms with Crippen molar-refractivity contribution in [3.8, 4) is 5.75 Å². The number of benzene rings is 3. The molecule has 9 heteroatoms. The van der Waals surface area contributed by atoms with E-state index in [0.717, 1.165) is 24.3 Å². The molecule has 0 saturated carbocycles. The summed E-state index contributed by atoms with van der Waals surface area (Å²) in [7, 11) is -4.71. The van der Waals surface area contributed by atoms with Crippen LogP contribution in [0.4, 0.5) is 8.78 Å². The summed E-state index contributed by atoms with van der Waals surface area (Å²) in [4.78, 5) is 0. The van der Waals surface area contributed by atoms with Gasteiger partial charge in [-0.3, -0.25) is 0 Å². The lowest BCUT2D eigenvalue weighted by atomic mass is 9.73. The maximum absolute atomic E-state index is 13.6. The number of para-hydroxylation sites is 1. The highest BCUT2D eigenvalue weighted by Gasteiger charge is 2.57. The molecule has 0 aliphatic carbocycles. The van der Waals surface area contributed by atoms with E-state index in [9.17, 15) is 27.4 Å². The fraction of sp³-hybridized carbons (Fsp3) is 0.182. The molecule has 0 fully saturated rings. The molecule has 0 saturated heterocycles. The van der Waals surface area contributed by atoms with E-state index in [2.05, 4.69) is 0 Å². The van der Waals surface area contributed by atoms with Gasteiger partial charge < -0.3 is 15.9 Å². The van der Waals surface area contributed by atoms with E-state index >= 15 is 0 Å². The monoisotopic (exact) mass is 448 g/mol. The Morgan fingerprint density at radius 1 is 0.871 bits per heavy atom. The number of hydrogen-bond acceptors (Lipinski definition) is 5. The number of hydrogen-bond donors (Lipinski definition) is 4. The number of primary sulfonamides is 1. The number of aromatic hydroxyl groups is 1. The first-order chi connectivity index (χ1) is 14.6. The van der Waals surface area contributed by atoms with E-state index in [1.165, 1.54) is 48.5 Å². The third-order valence-corrected chi connectivity index (χ3v) is 7.02. The fourth-order valence-electron chi connectivity index (χ4n) is 4.01. The molecule has 0 radical (unpaired) electrons. The smallest absolute Gasteiger partial charge is 0.222 e. The third kappa shape index (κ3) is 4.05. The van der Waals surface area contributed by atoms with Gasteiger partial charge in [-0.1, -0.05) is 42.5 Å². The van der Waals surface area contributed by atoms with Crippen LogP contribution in [0.2, 0.25) is 0 Å². The van der Waals surface area contributed by atoms with Crippen LogP contribution in [-0.2, 0) is 14.8 Å². The van der Waals surface area contributed by atoms with Crippen molar-refractivity contribution in [3.05, 3.63) is 101 Å². The fourth-order valence-corrected chi connectivity index (χ4v) is 5.57. The molecule has 0 aliphatic rings. The lowest BCUT2D eigenvalue weighted by Crippen LogP contribution is -2.56. The minimum absolute atomic E-state index is 0.186. The van der Waals surface area contributed by atoms with Crippen molar-refractivity contribution < 1.29 is 27.4 Å². The maximum atomic E-state index is 13.6. The Morgan fingerprint density at radius 3 is 1.71 bits per heavy atom. The van der Waals surface area contributed by atoms with Gasteiger partial charge in [0.2, 0.25) is 10.0 Å². The zero-order valence-corrected chi connectivity index (χ0v) is 17.1. The number of rotatable bonds is 7. The first-order valence-corrected chi connectivity index (χ1v) is 10.9. The normalized spacial score (nSPS) is 14.9. The largest absolute Gasteiger partial charge is 0.508 e. The van der Waals surface area contributed by atoms with E-state index in [1.54, 1.807) is 0 Å². The van der Waals surface area contributed by atoms with Gasteiger partial charge in [-0.05, 0) is 41.5 Å². The minimum atomic E-state index is -4.71. The highest BCUT2D eigenvalue weighted by molar-refractivity contribution is 7.90. The van der Waals surface area contributed by atoms with Gasteiger partial charge in [-0.15, -0.1) is 0 Å². The summed E-state index contributed by atoms with van der Waals surface area (Å²) in [5, 5.41) is 27.4. The molecule has 3 aromatic carbocycles. The quantitative estimate of drug-likeness (QED) is 0.441. The second-order valence-corrected chi connectivity index (χ2v) is 8.91. The van der Waals surface area contributed by atoms with Crippen LogP contribution in [0.1, 0.15) is 22.6 Å². The Hall–Kier alpha value is -2.85. The van der Waals surface area contributed by atoms with Crippen LogP contribution in [0.25, 0.3) is 0 Å². The van der Waals surface area contributed by atoms with E-state index in [0.29, 0.717) is 0 Å². The van der Waals surface area contributed by atoms with Crippen LogP contribution < -0.4 is 10.9 Å². The minimum Gasteiger partial charge on any atom is -0.508 e. The molecule has 0 bridgehead atoms. The maximum Gasteiger partial charge on any atom is 0.222 e. The number of sulfonamides is 1. The van der Waals surface area contributed by atoms with Gasteiger partial charge in [-0.25, -0.2) is 22.3 Å². The highest BCUT2D eigenvalue weighted by atomic mass is 32.2. The predicted molar refractivity (Wildman–Crippen MR) is 113 cm³/mol. The Kier molecular flexibility index (Phi) is 6.42. The standard InChI is InChI=1S/C22H22F2N2O4S/c23-16-9-5-14(6-10-16)21(15-7-11-17(24)12-8-15)22(20(28)13-25,31(26,29)30)18-3-1-2-4-19(18)27/h1-12,20-21,27-28H,13,25H2,(H2,26,29,30). The van der Waals surface area contributed by atoms with Gasteiger partial charge in [0.25, 0.3) is 0 Å². The molecule has 2 unspecified atom stereocenters. The molecule has 0 heterocycles. The summed E-state index contributed by atoms with van der Waals surface area (Å²) in [5.41, 5.74) is 6.05. The van der Waals surface area contributed by atoms with Crippen LogP contribution in [0.3, 0.4) is 0 Å². The van der Waals surface area contributed by atoms with Gasteiger partial charge in [0.05, 0.1) is 6.10 Å². The van der Waals surface area contributed by atoms with E-state index in [1.807, 2.05) is 0 Å². The average Bonchev–Trinajstić information content (AvgIpc) is 2.73. The van der Waals surface area contributed by atoms with Gasteiger partial charge >= 0.3 is 0 Å². The van der Waals surface area contributed by atoms with Crippen LogP contribution in [0, 0.1) is 11.6 Å². The molecule has 0 aromatic heterocycles. The summed E-state index contributed by atoms with van der Waals surface area (Å²) in [5.74, 6) is -2.83. The van der Waals surface area contributed by atoms with Crippen molar-refractivity contribution >= 4 is 10.0 Å². The van der Waals surface area contributed by atoms with Crippen LogP contribution in [-0.4, -0.2) is 31.3 Å². The number of halogens is 2. The van der Waals surface area contributed by atoms with Crippen LogP contribution >= 0.6 is 0 Å². The Balaban J connectivity index is 2.49. The number of phenols is 1. The molecule has 0 aliphatic heterocycles. The summed E-state index contributed by atoms with van der Waals surface area (Å²) >= 11 is 0. The summed E-state index contributed by atoms with van der Waals surface area (Å²) in [6.07, 6.45) is -1.78. The summed E-state index contributed by atoms with van der Waals surface area (Å²) in [6.45, 7) is -0.524. The summed E-state index contributed by atoms with van der Waals surface area (Å²) in [6, 6.07) is 15.4. The Bertz CT molecular complexity index is 1110. The van der Waals surface area contributed by atoms with Crippen molar-refractivity contribution in [3.63, 3.8) is 0 Å². The topological polar surface area (TPSA) is 127 Å². The van der Waals surface area contributed by atoms with Crippen molar-refractivity contribution in [1.82, 2.24) is 0 Å². The molecule has 164 valence electrons. The summed E-state index contributed by atoms with van der Waals surface area (Å²) < 4.78 is 51.4. The lowest BCUT2D eigenvalue weighted by molar-refractivity contribution is 0.118. The SMILES string of the molecule is NCC(O)C(c1ccccc1O)(C(c1ccc(F)cc1)c1ccc(F)cc1)S(N)(=O)=O. The Labute approximate surface area is 178 Å². The van der Waals surface area contributed by atoms with Gasteiger partial charge in [0, 0.05) is 18.0 Å². The average molecular weight is 448 g/mol. The van der Waals surface area contributed by atoms with E-state index in [4.69, 9.17) is 10.9 Å². The second-order valence-electron chi connectivity index (χ2n) is 7.14. The van der Waals surface area contributed by atoms with Crippen molar-refractivity contribution in [1.29, 1.82) is 0 Å². The van der Waals surface area contributed by atoms with Gasteiger partial charge in [0.1, 0.15) is 17.4 Å². The van der Waals surface area contributed by atoms with E-state index in [-0.39, 0.29) is 16.7 Å². The van der Waals surface area contributed by atoms with Crippen molar-refractivity contribution in [2.75, 3.05) is 6.54 Å². The molecule has 0 spiro atoms. The number of nitrogens with two attached hydrogens (primary N) is 2.